The number of aryl methyl sites for hydroxylation is 2. The number of nitrogens with one attached hydrogen (secondary N) is 3. The number of carbonyl (C=O) groups excluding carboxylic acids is 3. The van der Waals surface area contributed by atoms with Crippen LogP contribution in [0.3, 0.4) is 0 Å². The number of anilines is 2. The summed E-state index contributed by atoms with van der Waals surface area (Å²) in [5.41, 5.74) is 5.74. The van der Waals surface area contributed by atoms with Gasteiger partial charge in [0.25, 0.3) is 5.91 Å². The molecule has 0 spiro atoms. The van der Waals surface area contributed by atoms with E-state index in [2.05, 4.69) is 21.2 Å². The number of ether oxygens (including phenoxy) is 1. The molecule has 0 aliphatic rings. The lowest BCUT2D eigenvalue weighted by Gasteiger charge is -2.10. The molecule has 8 nitrogen and oxygen atoms in total. The molecule has 0 unspecified atom stereocenters. The molecule has 0 saturated heterocycles. The summed E-state index contributed by atoms with van der Waals surface area (Å²) in [6, 6.07) is 19.1. The van der Waals surface area contributed by atoms with Crippen molar-refractivity contribution in [2.75, 3.05) is 17.2 Å². The van der Waals surface area contributed by atoms with Crippen LogP contribution in [0.2, 0.25) is 5.02 Å². The molecule has 0 bridgehead atoms. The van der Waals surface area contributed by atoms with E-state index in [1.807, 2.05) is 32.0 Å². The first-order valence-electron chi connectivity index (χ1n) is 10.3. The first-order valence-corrected chi connectivity index (χ1v) is 10.7. The molecule has 9 heteroatoms. The summed E-state index contributed by atoms with van der Waals surface area (Å²) >= 11 is 5.97. The molecule has 0 radical (unpaired) electrons. The van der Waals surface area contributed by atoms with Crippen LogP contribution in [0.1, 0.15) is 16.7 Å². The first kappa shape index (κ1) is 24.5. The summed E-state index contributed by atoms with van der Waals surface area (Å²) in [6.45, 7) is 3.69. The molecule has 0 aliphatic carbocycles. The predicted octanol–water partition coefficient (Wildman–Crippen LogP) is 4.06. The highest BCUT2D eigenvalue weighted by atomic mass is 35.5. The van der Waals surface area contributed by atoms with Crippen LogP contribution in [0, 0.1) is 13.8 Å². The zero-order chi connectivity index (χ0) is 24.5. The van der Waals surface area contributed by atoms with Gasteiger partial charge in [0.15, 0.2) is 6.61 Å². The highest BCUT2D eigenvalue weighted by Gasteiger charge is 2.14. The van der Waals surface area contributed by atoms with Crippen LogP contribution in [0.5, 0.6) is 5.75 Å². The average molecular weight is 479 g/mol. The molecular formula is C25H23ClN4O4. The number of para-hydroxylation sites is 2. The van der Waals surface area contributed by atoms with Gasteiger partial charge in [-0.3, -0.25) is 14.4 Å². The molecule has 0 saturated carbocycles. The van der Waals surface area contributed by atoms with Crippen molar-refractivity contribution in [1.82, 2.24) is 5.43 Å². The number of halogens is 1. The van der Waals surface area contributed by atoms with Crippen LogP contribution in [0.15, 0.2) is 71.8 Å². The molecule has 174 valence electrons. The van der Waals surface area contributed by atoms with E-state index >= 15 is 0 Å². The Morgan fingerprint density at radius 2 is 1.59 bits per heavy atom. The summed E-state index contributed by atoms with van der Waals surface area (Å²) in [7, 11) is 0. The second kappa shape index (κ2) is 11.6. The number of nitrogens with zero attached hydrogens (tertiary/aromatic N) is 1. The molecule has 0 aliphatic heterocycles. The predicted molar refractivity (Wildman–Crippen MR) is 132 cm³/mol. The number of benzene rings is 3. The summed E-state index contributed by atoms with van der Waals surface area (Å²) in [5, 5.41) is 9.31. The molecule has 0 atom stereocenters. The number of rotatable bonds is 7. The summed E-state index contributed by atoms with van der Waals surface area (Å²) in [5.74, 6) is -1.82. The number of amides is 3. The molecule has 3 amide bonds. The number of carbonyl (C=O) groups is 3. The zero-order valence-corrected chi connectivity index (χ0v) is 19.3. The standard InChI is InChI=1S/C25H23ClN4O4/c1-16-11-17(2)13-19(12-16)28-23(31)15-34-22-10-6-3-7-18(22)14-27-30-25(33)24(32)29-21-9-5-4-8-20(21)26/h3-14H,15H2,1-2H3,(H,28,31)(H,29,32)(H,30,33). The fraction of sp³-hybridized carbons (Fsp3) is 0.120. The second-order valence-electron chi connectivity index (χ2n) is 7.38. The van der Waals surface area contributed by atoms with Crippen molar-refractivity contribution < 1.29 is 19.1 Å². The third kappa shape index (κ3) is 7.18. The van der Waals surface area contributed by atoms with Crippen molar-refractivity contribution >= 4 is 46.9 Å². The van der Waals surface area contributed by atoms with E-state index in [9.17, 15) is 14.4 Å². The molecule has 0 aromatic heterocycles. The van der Waals surface area contributed by atoms with Crippen molar-refractivity contribution in [3.63, 3.8) is 0 Å². The Hall–Kier alpha value is -4.17. The summed E-state index contributed by atoms with van der Waals surface area (Å²) < 4.78 is 5.62. The van der Waals surface area contributed by atoms with Crippen LogP contribution in [0.25, 0.3) is 0 Å². The monoisotopic (exact) mass is 478 g/mol. The Morgan fingerprint density at radius 1 is 0.912 bits per heavy atom. The van der Waals surface area contributed by atoms with Gasteiger partial charge >= 0.3 is 11.8 Å². The molecule has 34 heavy (non-hydrogen) atoms. The number of hydrazone groups is 1. The minimum atomic E-state index is -0.970. The third-order valence-electron chi connectivity index (χ3n) is 4.48. The van der Waals surface area contributed by atoms with Crippen LogP contribution in [-0.4, -0.2) is 30.5 Å². The van der Waals surface area contributed by atoms with Gasteiger partial charge in [-0.05, 0) is 61.4 Å². The van der Waals surface area contributed by atoms with Gasteiger partial charge in [0, 0.05) is 11.3 Å². The van der Waals surface area contributed by atoms with Crippen molar-refractivity contribution in [3.05, 3.63) is 88.4 Å². The Labute approximate surface area is 202 Å². The van der Waals surface area contributed by atoms with Gasteiger partial charge in [0.2, 0.25) is 0 Å². The van der Waals surface area contributed by atoms with Crippen LogP contribution >= 0.6 is 11.6 Å². The van der Waals surface area contributed by atoms with E-state index in [4.69, 9.17) is 16.3 Å². The van der Waals surface area contributed by atoms with Gasteiger partial charge in [-0.25, -0.2) is 5.43 Å². The van der Waals surface area contributed by atoms with E-state index in [1.54, 1.807) is 48.5 Å². The summed E-state index contributed by atoms with van der Waals surface area (Å²) in [4.78, 5) is 36.3. The van der Waals surface area contributed by atoms with Crippen molar-refractivity contribution in [2.24, 2.45) is 5.10 Å². The third-order valence-corrected chi connectivity index (χ3v) is 4.81. The van der Waals surface area contributed by atoms with E-state index in [1.165, 1.54) is 6.21 Å². The van der Waals surface area contributed by atoms with Gasteiger partial charge < -0.3 is 15.4 Å². The normalized spacial score (nSPS) is 10.6. The highest BCUT2D eigenvalue weighted by Crippen LogP contribution is 2.20. The molecule has 3 aromatic rings. The van der Waals surface area contributed by atoms with E-state index in [-0.39, 0.29) is 12.5 Å². The number of hydrogen-bond acceptors (Lipinski definition) is 5. The Morgan fingerprint density at radius 3 is 2.32 bits per heavy atom. The van der Waals surface area contributed by atoms with E-state index in [0.717, 1.165) is 11.1 Å². The smallest absolute Gasteiger partial charge is 0.329 e. The van der Waals surface area contributed by atoms with Crippen molar-refractivity contribution in [1.29, 1.82) is 0 Å². The SMILES string of the molecule is Cc1cc(C)cc(NC(=O)COc2ccccc2C=NNC(=O)C(=O)Nc2ccccc2Cl)c1. The largest absolute Gasteiger partial charge is 0.483 e. The maximum absolute atomic E-state index is 12.3. The molecule has 0 heterocycles. The first-order chi connectivity index (χ1) is 16.3. The molecule has 3 aromatic carbocycles. The highest BCUT2D eigenvalue weighted by molar-refractivity contribution is 6.41. The average Bonchev–Trinajstić information content (AvgIpc) is 2.79. The van der Waals surface area contributed by atoms with Crippen molar-refractivity contribution in [2.45, 2.75) is 13.8 Å². The van der Waals surface area contributed by atoms with Crippen LogP contribution in [0.4, 0.5) is 11.4 Å². The van der Waals surface area contributed by atoms with E-state index in [0.29, 0.717) is 27.7 Å². The minimum Gasteiger partial charge on any atom is -0.483 e. The fourth-order valence-corrected chi connectivity index (χ4v) is 3.24. The van der Waals surface area contributed by atoms with Gasteiger partial charge in [-0.1, -0.05) is 41.9 Å². The topological polar surface area (TPSA) is 109 Å². The molecule has 0 fully saturated rings. The van der Waals surface area contributed by atoms with Crippen LogP contribution in [-0.2, 0) is 14.4 Å². The van der Waals surface area contributed by atoms with Gasteiger partial charge in [0.05, 0.1) is 16.9 Å². The van der Waals surface area contributed by atoms with Gasteiger partial charge in [-0.15, -0.1) is 0 Å². The number of hydrogen-bond donors (Lipinski definition) is 3. The quantitative estimate of drug-likeness (QED) is 0.270. The Balaban J connectivity index is 1.55. The zero-order valence-electron chi connectivity index (χ0n) is 18.6. The summed E-state index contributed by atoms with van der Waals surface area (Å²) in [6.07, 6.45) is 1.32. The van der Waals surface area contributed by atoms with Gasteiger partial charge in [-0.2, -0.15) is 5.10 Å². The Bertz CT molecular complexity index is 1220. The van der Waals surface area contributed by atoms with Crippen LogP contribution < -0.4 is 20.8 Å². The second-order valence-corrected chi connectivity index (χ2v) is 7.79. The van der Waals surface area contributed by atoms with E-state index < -0.39 is 11.8 Å². The maximum Gasteiger partial charge on any atom is 0.329 e. The molecule has 3 rings (SSSR count). The maximum atomic E-state index is 12.3. The minimum absolute atomic E-state index is 0.218. The lowest BCUT2D eigenvalue weighted by molar-refractivity contribution is -0.136. The lowest BCUT2D eigenvalue weighted by atomic mass is 10.1. The molecular weight excluding hydrogens is 456 g/mol. The lowest BCUT2D eigenvalue weighted by Crippen LogP contribution is -2.32. The van der Waals surface area contributed by atoms with Gasteiger partial charge in [0.1, 0.15) is 5.75 Å². The fourth-order valence-electron chi connectivity index (χ4n) is 3.06. The Kier molecular flexibility index (Phi) is 8.37. The van der Waals surface area contributed by atoms with Crippen molar-refractivity contribution in [3.8, 4) is 5.75 Å². The molecule has 3 N–H and O–H groups in total.